The number of ether oxygens (including phenoxy) is 2. The van der Waals surface area contributed by atoms with Gasteiger partial charge >= 0.3 is 5.97 Å². The molecule has 0 aromatic carbocycles. The summed E-state index contributed by atoms with van der Waals surface area (Å²) in [7, 11) is 1.40. The van der Waals surface area contributed by atoms with Crippen LogP contribution in [0.15, 0.2) is 23.0 Å². The summed E-state index contributed by atoms with van der Waals surface area (Å²) in [5.74, 6) is -0.247. The molecule has 1 unspecified atom stereocenters. The van der Waals surface area contributed by atoms with Crippen LogP contribution < -0.4 is 0 Å². The number of morpholine rings is 1. The smallest absolute Gasteiger partial charge is 0.325 e. The number of carbonyl (C=O) groups excluding carboxylic acids is 1. The van der Waals surface area contributed by atoms with Crippen LogP contribution in [0, 0.1) is 0 Å². The Balaban J connectivity index is 2.02. The highest BCUT2D eigenvalue weighted by molar-refractivity contribution is 5.75. The van der Waals surface area contributed by atoms with Crippen LogP contribution in [0.1, 0.15) is 5.56 Å². The maximum atomic E-state index is 11.5. The lowest BCUT2D eigenvalue weighted by atomic mass is 10.2. The molecule has 0 amide bonds. The Morgan fingerprint density at radius 2 is 2.56 bits per heavy atom. The highest BCUT2D eigenvalue weighted by Gasteiger charge is 2.30. The van der Waals surface area contributed by atoms with E-state index >= 15 is 0 Å². The van der Waals surface area contributed by atoms with Crippen molar-refractivity contribution < 1.29 is 18.7 Å². The van der Waals surface area contributed by atoms with Crippen LogP contribution in [-0.4, -0.2) is 43.8 Å². The molecule has 2 heterocycles. The first-order valence-corrected chi connectivity index (χ1v) is 5.22. The third kappa shape index (κ3) is 2.43. The fourth-order valence-corrected chi connectivity index (χ4v) is 1.80. The van der Waals surface area contributed by atoms with Gasteiger partial charge in [-0.3, -0.25) is 9.69 Å². The lowest BCUT2D eigenvalue weighted by Crippen LogP contribution is -2.49. The molecule has 2 rings (SSSR count). The Hall–Kier alpha value is -1.33. The zero-order chi connectivity index (χ0) is 11.4. The number of methoxy groups -OCH3 is 1. The van der Waals surface area contributed by atoms with E-state index < -0.39 is 0 Å². The predicted molar refractivity (Wildman–Crippen MR) is 55.7 cm³/mol. The molecular formula is C11H15NO4. The fraction of sp³-hybridized carbons (Fsp3) is 0.545. The fourth-order valence-electron chi connectivity index (χ4n) is 1.80. The molecular weight excluding hydrogens is 210 g/mol. The molecule has 16 heavy (non-hydrogen) atoms. The zero-order valence-electron chi connectivity index (χ0n) is 9.22. The average Bonchev–Trinajstić information content (AvgIpc) is 2.82. The second-order valence-electron chi connectivity index (χ2n) is 3.72. The first kappa shape index (κ1) is 11.2. The minimum atomic E-state index is -0.311. The van der Waals surface area contributed by atoms with Crippen molar-refractivity contribution >= 4 is 5.97 Å². The van der Waals surface area contributed by atoms with Crippen molar-refractivity contribution in [3.05, 3.63) is 24.2 Å². The molecule has 1 aliphatic heterocycles. The second-order valence-corrected chi connectivity index (χ2v) is 3.72. The van der Waals surface area contributed by atoms with E-state index in [9.17, 15) is 4.79 Å². The van der Waals surface area contributed by atoms with Gasteiger partial charge in [-0.25, -0.2) is 0 Å². The summed E-state index contributed by atoms with van der Waals surface area (Å²) in [6.45, 7) is 2.44. The quantitative estimate of drug-likeness (QED) is 0.707. The summed E-state index contributed by atoms with van der Waals surface area (Å²) < 4.78 is 15.0. The minimum absolute atomic E-state index is 0.247. The van der Waals surface area contributed by atoms with E-state index in [4.69, 9.17) is 13.9 Å². The molecule has 1 aromatic rings. The number of furan rings is 1. The van der Waals surface area contributed by atoms with Crippen LogP contribution in [-0.2, 0) is 20.8 Å². The van der Waals surface area contributed by atoms with Crippen molar-refractivity contribution in [2.45, 2.75) is 12.6 Å². The van der Waals surface area contributed by atoms with Gasteiger partial charge in [0.1, 0.15) is 6.04 Å². The highest BCUT2D eigenvalue weighted by atomic mass is 16.5. The number of hydrogen-bond donors (Lipinski definition) is 0. The molecule has 1 aliphatic rings. The molecule has 5 heteroatoms. The molecule has 0 saturated carbocycles. The van der Waals surface area contributed by atoms with Crippen LogP contribution in [0.4, 0.5) is 0 Å². The van der Waals surface area contributed by atoms with Crippen molar-refractivity contribution in [3.8, 4) is 0 Å². The summed E-state index contributed by atoms with van der Waals surface area (Å²) in [6, 6.07) is 1.58. The molecule has 88 valence electrons. The van der Waals surface area contributed by atoms with E-state index in [-0.39, 0.29) is 12.0 Å². The normalized spacial score (nSPS) is 21.9. The number of esters is 1. The van der Waals surface area contributed by atoms with E-state index in [2.05, 4.69) is 0 Å². The summed E-state index contributed by atoms with van der Waals surface area (Å²) >= 11 is 0. The second kappa shape index (κ2) is 5.14. The van der Waals surface area contributed by atoms with Crippen LogP contribution in [0.3, 0.4) is 0 Å². The first-order chi connectivity index (χ1) is 7.81. The van der Waals surface area contributed by atoms with E-state index in [0.717, 1.165) is 12.1 Å². The summed E-state index contributed by atoms with van der Waals surface area (Å²) in [5, 5.41) is 0. The van der Waals surface area contributed by atoms with Gasteiger partial charge in [-0.05, 0) is 6.07 Å². The predicted octanol–water partition coefficient (Wildman–Crippen LogP) is 0.653. The molecule has 1 saturated heterocycles. The number of nitrogens with zero attached hydrogens (tertiary/aromatic N) is 1. The van der Waals surface area contributed by atoms with E-state index in [1.165, 1.54) is 7.11 Å². The largest absolute Gasteiger partial charge is 0.472 e. The standard InChI is InChI=1S/C11H15NO4/c1-14-11(13)10-8-16-5-3-12(10)6-9-2-4-15-7-9/h2,4,7,10H,3,5-6,8H2,1H3. The van der Waals surface area contributed by atoms with Crippen molar-refractivity contribution in [1.82, 2.24) is 4.90 Å². The van der Waals surface area contributed by atoms with Crippen LogP contribution in [0.25, 0.3) is 0 Å². The Morgan fingerprint density at radius 3 is 3.25 bits per heavy atom. The van der Waals surface area contributed by atoms with Gasteiger partial charge in [-0.15, -0.1) is 0 Å². The lowest BCUT2D eigenvalue weighted by molar-refractivity contribution is -0.153. The third-order valence-corrected chi connectivity index (χ3v) is 2.68. The molecule has 5 nitrogen and oxygen atoms in total. The topological polar surface area (TPSA) is 51.9 Å². The van der Waals surface area contributed by atoms with Crippen LogP contribution in [0.2, 0.25) is 0 Å². The lowest BCUT2D eigenvalue weighted by Gasteiger charge is -2.33. The molecule has 0 aliphatic carbocycles. The molecule has 0 bridgehead atoms. The van der Waals surface area contributed by atoms with Gasteiger partial charge < -0.3 is 13.9 Å². The van der Waals surface area contributed by atoms with Crippen LogP contribution in [0.5, 0.6) is 0 Å². The van der Waals surface area contributed by atoms with Crippen LogP contribution >= 0.6 is 0 Å². The van der Waals surface area contributed by atoms with E-state index in [1.807, 2.05) is 11.0 Å². The molecule has 1 atom stereocenters. The third-order valence-electron chi connectivity index (χ3n) is 2.68. The number of rotatable bonds is 3. The Labute approximate surface area is 93.9 Å². The van der Waals surface area contributed by atoms with Gasteiger partial charge in [0.2, 0.25) is 0 Å². The monoisotopic (exact) mass is 225 g/mol. The van der Waals surface area contributed by atoms with Gasteiger partial charge in [-0.2, -0.15) is 0 Å². The average molecular weight is 225 g/mol. The van der Waals surface area contributed by atoms with Gasteiger partial charge in [-0.1, -0.05) is 0 Å². The first-order valence-electron chi connectivity index (χ1n) is 5.22. The van der Waals surface area contributed by atoms with Crippen molar-refractivity contribution in [2.24, 2.45) is 0 Å². The van der Waals surface area contributed by atoms with Crippen molar-refractivity contribution in [1.29, 1.82) is 0 Å². The SMILES string of the molecule is COC(=O)C1COCCN1Cc1ccoc1. The molecule has 1 aromatic heterocycles. The number of carbonyl (C=O) groups is 1. The van der Waals surface area contributed by atoms with Gasteiger partial charge in [0.25, 0.3) is 0 Å². The van der Waals surface area contributed by atoms with Crippen molar-refractivity contribution in [2.75, 3.05) is 26.9 Å². The summed E-state index contributed by atoms with van der Waals surface area (Å²) in [5.41, 5.74) is 1.05. The van der Waals surface area contributed by atoms with E-state index in [1.54, 1.807) is 12.5 Å². The van der Waals surface area contributed by atoms with Crippen molar-refractivity contribution in [3.63, 3.8) is 0 Å². The Kier molecular flexibility index (Phi) is 3.58. The zero-order valence-corrected chi connectivity index (χ0v) is 9.22. The highest BCUT2D eigenvalue weighted by Crippen LogP contribution is 2.13. The molecule has 0 N–H and O–H groups in total. The summed E-state index contributed by atoms with van der Waals surface area (Å²) in [4.78, 5) is 13.6. The van der Waals surface area contributed by atoms with Gasteiger partial charge in [0.15, 0.2) is 0 Å². The maximum Gasteiger partial charge on any atom is 0.325 e. The molecule has 0 spiro atoms. The van der Waals surface area contributed by atoms with E-state index in [0.29, 0.717) is 19.8 Å². The molecule has 0 radical (unpaired) electrons. The Bertz CT molecular complexity index is 336. The molecule has 1 fully saturated rings. The maximum absolute atomic E-state index is 11.5. The summed E-state index contributed by atoms with van der Waals surface area (Å²) in [6.07, 6.45) is 3.31. The minimum Gasteiger partial charge on any atom is -0.472 e. The Morgan fingerprint density at radius 1 is 1.69 bits per heavy atom. The van der Waals surface area contributed by atoms with Gasteiger partial charge in [0, 0.05) is 18.7 Å². The number of hydrogen-bond acceptors (Lipinski definition) is 5. The van der Waals surface area contributed by atoms with Gasteiger partial charge in [0.05, 0.1) is 32.8 Å².